The third-order valence-corrected chi connectivity index (χ3v) is 4.53. The summed E-state index contributed by atoms with van der Waals surface area (Å²) in [6.45, 7) is 6.57. The molecule has 4 heterocycles. The Hall–Kier alpha value is -3.75. The van der Waals surface area contributed by atoms with Crippen molar-refractivity contribution in [3.05, 3.63) is 65.9 Å². The predicted molar refractivity (Wildman–Crippen MR) is 109 cm³/mol. The molecule has 0 saturated carbocycles. The first-order chi connectivity index (χ1) is 14.0. The fourth-order valence-corrected chi connectivity index (χ4v) is 3.22. The molecular formula is C20H22N8O. The Morgan fingerprint density at radius 3 is 2.72 bits per heavy atom. The summed E-state index contributed by atoms with van der Waals surface area (Å²) in [6.07, 6.45) is 5.43. The lowest BCUT2D eigenvalue weighted by Crippen LogP contribution is -2.30. The SMILES string of the molecule is Cc1nc(NCCNC(=O)c2c(C)nc3ccccn23)cc(-n2ccnc2C)n1. The summed E-state index contributed by atoms with van der Waals surface area (Å²) in [4.78, 5) is 30.1. The Kier molecular flexibility index (Phi) is 4.94. The van der Waals surface area contributed by atoms with Crippen LogP contribution in [-0.2, 0) is 0 Å². The van der Waals surface area contributed by atoms with Gasteiger partial charge in [-0.25, -0.2) is 19.9 Å². The number of aryl methyl sites for hydroxylation is 3. The van der Waals surface area contributed by atoms with Crippen LogP contribution in [0.25, 0.3) is 11.5 Å². The van der Waals surface area contributed by atoms with Crippen molar-refractivity contribution in [3.8, 4) is 5.82 Å². The minimum atomic E-state index is -0.156. The normalized spacial score (nSPS) is 11.0. The summed E-state index contributed by atoms with van der Waals surface area (Å²) in [6, 6.07) is 7.51. The number of hydrogen-bond donors (Lipinski definition) is 2. The molecular weight excluding hydrogens is 368 g/mol. The van der Waals surface area contributed by atoms with Crippen LogP contribution in [0.5, 0.6) is 0 Å². The third kappa shape index (κ3) is 3.79. The molecule has 1 amide bonds. The lowest BCUT2D eigenvalue weighted by molar-refractivity contribution is 0.0948. The van der Waals surface area contributed by atoms with Crippen molar-refractivity contribution in [3.63, 3.8) is 0 Å². The van der Waals surface area contributed by atoms with Crippen molar-refractivity contribution < 1.29 is 4.79 Å². The van der Waals surface area contributed by atoms with Crippen LogP contribution >= 0.6 is 0 Å². The predicted octanol–water partition coefficient (Wildman–Crippen LogP) is 2.08. The zero-order chi connectivity index (χ0) is 20.4. The molecule has 29 heavy (non-hydrogen) atoms. The number of anilines is 1. The minimum absolute atomic E-state index is 0.156. The Morgan fingerprint density at radius 2 is 1.93 bits per heavy atom. The molecule has 9 heteroatoms. The average Bonchev–Trinajstić information content (AvgIpc) is 3.26. The van der Waals surface area contributed by atoms with Gasteiger partial charge in [0.25, 0.3) is 5.91 Å². The molecule has 2 N–H and O–H groups in total. The second-order valence-electron chi connectivity index (χ2n) is 6.66. The lowest BCUT2D eigenvalue weighted by atomic mass is 10.3. The van der Waals surface area contributed by atoms with E-state index in [1.54, 1.807) is 10.6 Å². The van der Waals surface area contributed by atoms with E-state index in [4.69, 9.17) is 0 Å². The summed E-state index contributed by atoms with van der Waals surface area (Å²) >= 11 is 0. The minimum Gasteiger partial charge on any atom is -0.368 e. The number of pyridine rings is 1. The van der Waals surface area contributed by atoms with E-state index in [1.165, 1.54) is 0 Å². The Morgan fingerprint density at radius 1 is 1.07 bits per heavy atom. The molecule has 0 aromatic carbocycles. The zero-order valence-corrected chi connectivity index (χ0v) is 16.5. The summed E-state index contributed by atoms with van der Waals surface area (Å²) in [7, 11) is 0. The van der Waals surface area contributed by atoms with Crippen LogP contribution in [0.3, 0.4) is 0 Å². The van der Waals surface area contributed by atoms with Crippen molar-refractivity contribution in [2.24, 2.45) is 0 Å². The van der Waals surface area contributed by atoms with Crippen molar-refractivity contribution >= 4 is 17.4 Å². The molecule has 0 unspecified atom stereocenters. The van der Waals surface area contributed by atoms with Crippen LogP contribution in [0.2, 0.25) is 0 Å². The molecule has 4 rings (SSSR count). The molecule has 0 bridgehead atoms. The Bertz CT molecular complexity index is 1180. The molecule has 0 atom stereocenters. The number of nitrogens with one attached hydrogen (secondary N) is 2. The monoisotopic (exact) mass is 390 g/mol. The van der Waals surface area contributed by atoms with Gasteiger partial charge in [0.05, 0.1) is 5.69 Å². The van der Waals surface area contributed by atoms with Gasteiger partial charge >= 0.3 is 0 Å². The number of carbonyl (C=O) groups excluding carboxylic acids is 1. The number of imidazole rings is 2. The smallest absolute Gasteiger partial charge is 0.270 e. The van der Waals surface area contributed by atoms with Crippen LogP contribution in [0.4, 0.5) is 5.82 Å². The highest BCUT2D eigenvalue weighted by Gasteiger charge is 2.15. The van der Waals surface area contributed by atoms with Gasteiger partial charge in [0.1, 0.15) is 34.6 Å². The highest BCUT2D eigenvalue weighted by molar-refractivity contribution is 5.94. The van der Waals surface area contributed by atoms with Gasteiger partial charge in [0.15, 0.2) is 0 Å². The molecule has 4 aromatic rings. The van der Waals surface area contributed by atoms with Gasteiger partial charge in [-0.1, -0.05) is 6.07 Å². The van der Waals surface area contributed by atoms with Crippen molar-refractivity contribution in [1.29, 1.82) is 0 Å². The van der Waals surface area contributed by atoms with E-state index in [0.29, 0.717) is 36.1 Å². The van der Waals surface area contributed by atoms with Gasteiger partial charge in [-0.15, -0.1) is 0 Å². The van der Waals surface area contributed by atoms with Gasteiger partial charge in [-0.05, 0) is 32.9 Å². The first kappa shape index (κ1) is 18.6. The number of fused-ring (bicyclic) bond motifs is 1. The molecule has 0 radical (unpaired) electrons. The summed E-state index contributed by atoms with van der Waals surface area (Å²) in [5.41, 5.74) is 2.01. The quantitative estimate of drug-likeness (QED) is 0.489. The van der Waals surface area contributed by atoms with Crippen LogP contribution in [0, 0.1) is 20.8 Å². The maximum atomic E-state index is 12.6. The van der Waals surface area contributed by atoms with Gasteiger partial charge in [0.2, 0.25) is 0 Å². The highest BCUT2D eigenvalue weighted by Crippen LogP contribution is 2.13. The molecule has 4 aromatic heterocycles. The van der Waals surface area contributed by atoms with Gasteiger partial charge < -0.3 is 10.6 Å². The molecule has 148 valence electrons. The van der Waals surface area contributed by atoms with Crippen LogP contribution in [0.1, 0.15) is 27.8 Å². The van der Waals surface area contributed by atoms with Crippen LogP contribution in [0.15, 0.2) is 42.9 Å². The number of nitrogens with zero attached hydrogens (tertiary/aromatic N) is 6. The number of aromatic nitrogens is 6. The number of rotatable bonds is 6. The van der Waals surface area contributed by atoms with E-state index in [-0.39, 0.29) is 5.91 Å². The maximum Gasteiger partial charge on any atom is 0.270 e. The molecule has 0 fully saturated rings. The fraction of sp³-hybridized carbons (Fsp3) is 0.250. The molecule has 0 saturated heterocycles. The van der Waals surface area contributed by atoms with E-state index >= 15 is 0 Å². The number of amides is 1. The zero-order valence-electron chi connectivity index (χ0n) is 16.5. The largest absolute Gasteiger partial charge is 0.368 e. The summed E-state index contributed by atoms with van der Waals surface area (Å²) < 4.78 is 3.70. The van der Waals surface area contributed by atoms with E-state index < -0.39 is 0 Å². The average molecular weight is 390 g/mol. The van der Waals surface area contributed by atoms with Gasteiger partial charge in [-0.2, -0.15) is 0 Å². The van der Waals surface area contributed by atoms with Crippen molar-refractivity contribution in [1.82, 2.24) is 34.2 Å². The maximum absolute atomic E-state index is 12.6. The summed E-state index contributed by atoms with van der Waals surface area (Å²) in [5, 5.41) is 6.17. The molecule has 0 aliphatic rings. The van der Waals surface area contributed by atoms with E-state index in [2.05, 4.69) is 30.6 Å². The molecule has 0 aliphatic heterocycles. The van der Waals surface area contributed by atoms with Gasteiger partial charge in [0, 0.05) is 37.7 Å². The Balaban J connectivity index is 1.39. The topological polar surface area (TPSA) is 102 Å². The number of hydrogen-bond acceptors (Lipinski definition) is 6. The summed E-state index contributed by atoms with van der Waals surface area (Å²) in [5.74, 6) is 2.80. The van der Waals surface area contributed by atoms with E-state index in [0.717, 1.165) is 17.3 Å². The van der Waals surface area contributed by atoms with Crippen LogP contribution in [-0.4, -0.2) is 47.9 Å². The lowest BCUT2D eigenvalue weighted by Gasteiger charge is -2.11. The molecule has 9 nitrogen and oxygen atoms in total. The molecule has 0 aliphatic carbocycles. The van der Waals surface area contributed by atoms with Crippen molar-refractivity contribution in [2.45, 2.75) is 20.8 Å². The van der Waals surface area contributed by atoms with Gasteiger partial charge in [-0.3, -0.25) is 13.8 Å². The van der Waals surface area contributed by atoms with Crippen LogP contribution < -0.4 is 10.6 Å². The highest BCUT2D eigenvalue weighted by atomic mass is 16.1. The second-order valence-corrected chi connectivity index (χ2v) is 6.66. The van der Waals surface area contributed by atoms with E-state index in [9.17, 15) is 4.79 Å². The first-order valence-electron chi connectivity index (χ1n) is 9.34. The third-order valence-electron chi connectivity index (χ3n) is 4.53. The fourth-order valence-electron chi connectivity index (χ4n) is 3.22. The second kappa shape index (κ2) is 7.70. The van der Waals surface area contributed by atoms with Crippen molar-refractivity contribution in [2.75, 3.05) is 18.4 Å². The Labute approximate surface area is 167 Å². The number of carbonyl (C=O) groups is 1. The van der Waals surface area contributed by atoms with E-state index in [1.807, 2.05) is 62.0 Å². The first-order valence-corrected chi connectivity index (χ1v) is 9.34. The standard InChI is InChI=1S/C20H22N8O/c1-13-19(28-10-5-4-6-17(28)24-13)20(29)23-8-7-22-16-12-18(26-14(2)25-16)27-11-9-21-15(27)3/h4-6,9-12H,7-8H2,1-3H3,(H,23,29)(H,22,25,26). The molecule has 0 spiro atoms.